The molecule has 1 amide bonds. The first-order chi connectivity index (χ1) is 13.9. The van der Waals surface area contributed by atoms with Crippen molar-refractivity contribution in [1.29, 1.82) is 0 Å². The summed E-state index contributed by atoms with van der Waals surface area (Å²) < 4.78 is 15.0. The minimum atomic E-state index is -0.389. The second kappa shape index (κ2) is 7.99. The van der Waals surface area contributed by atoms with Crippen LogP contribution in [0, 0.1) is 18.7 Å². The number of halogens is 2. The van der Waals surface area contributed by atoms with E-state index in [2.05, 4.69) is 20.3 Å². The van der Waals surface area contributed by atoms with E-state index in [0.29, 0.717) is 17.1 Å². The average molecular weight is 416 g/mol. The van der Waals surface area contributed by atoms with Crippen LogP contribution >= 0.6 is 11.6 Å². The molecule has 4 rings (SSSR count). The smallest absolute Gasteiger partial charge is 0.225 e. The number of anilines is 1. The Morgan fingerprint density at radius 2 is 2.21 bits per heavy atom. The van der Waals surface area contributed by atoms with Crippen molar-refractivity contribution in [2.24, 2.45) is 13.0 Å². The van der Waals surface area contributed by atoms with Gasteiger partial charge in [-0.05, 0) is 43.5 Å². The summed E-state index contributed by atoms with van der Waals surface area (Å²) in [5.74, 6) is 0.308. The quantitative estimate of drug-likeness (QED) is 0.707. The lowest BCUT2D eigenvalue weighted by atomic mass is 9.97. The first-order valence-corrected chi connectivity index (χ1v) is 10.1. The number of aryl methyl sites for hydroxylation is 2. The molecule has 1 atom stereocenters. The number of carbonyl (C=O) groups excluding carboxylic acids is 1. The molecule has 1 aliphatic rings. The van der Waals surface area contributed by atoms with Gasteiger partial charge in [-0.2, -0.15) is 5.10 Å². The highest BCUT2D eigenvalue weighted by Crippen LogP contribution is 2.29. The number of benzene rings is 1. The first kappa shape index (κ1) is 19.6. The van der Waals surface area contributed by atoms with Gasteiger partial charge in [0, 0.05) is 43.3 Å². The molecule has 0 saturated carbocycles. The molecular weight excluding hydrogens is 393 g/mol. The van der Waals surface area contributed by atoms with Crippen LogP contribution < -0.4 is 10.2 Å². The summed E-state index contributed by atoms with van der Waals surface area (Å²) in [6.07, 6.45) is 3.52. The molecule has 152 valence electrons. The monoisotopic (exact) mass is 415 g/mol. The summed E-state index contributed by atoms with van der Waals surface area (Å²) in [6.45, 7) is 3.71. The summed E-state index contributed by atoms with van der Waals surface area (Å²) in [6, 6.07) is 6.17. The van der Waals surface area contributed by atoms with Gasteiger partial charge >= 0.3 is 0 Å². The predicted molar refractivity (Wildman–Crippen MR) is 111 cm³/mol. The molecule has 1 N–H and O–H groups in total. The van der Waals surface area contributed by atoms with Crippen molar-refractivity contribution in [3.8, 4) is 0 Å². The van der Waals surface area contributed by atoms with Crippen LogP contribution in [0.25, 0.3) is 10.9 Å². The van der Waals surface area contributed by atoms with E-state index in [1.807, 2.05) is 24.7 Å². The van der Waals surface area contributed by atoms with Crippen LogP contribution in [0.5, 0.6) is 0 Å². The Morgan fingerprint density at radius 1 is 1.38 bits per heavy atom. The molecule has 0 radical (unpaired) electrons. The van der Waals surface area contributed by atoms with Gasteiger partial charge in [0.2, 0.25) is 5.91 Å². The lowest BCUT2D eigenvalue weighted by Crippen LogP contribution is -2.43. The number of aromatic nitrogens is 3. The normalized spacial score (nSPS) is 17.0. The number of hydrogen-bond acceptors (Lipinski definition) is 4. The molecular formula is C21H23ClFN5O. The molecule has 1 saturated heterocycles. The van der Waals surface area contributed by atoms with Crippen LogP contribution in [0.2, 0.25) is 5.02 Å². The Balaban J connectivity index is 1.48. The molecule has 0 aliphatic carbocycles. The number of piperidine rings is 1. The zero-order valence-electron chi connectivity index (χ0n) is 16.5. The SMILES string of the molecule is Cc1nn(C)c2c(N3CCCC(C(=O)NCc4ccc(F)cc4Cl)C3)nccc12. The fourth-order valence-electron chi connectivity index (χ4n) is 3.99. The third-order valence-corrected chi connectivity index (χ3v) is 5.83. The van der Waals surface area contributed by atoms with Crippen molar-refractivity contribution in [3.63, 3.8) is 0 Å². The van der Waals surface area contributed by atoms with E-state index in [1.165, 1.54) is 12.1 Å². The molecule has 1 aliphatic heterocycles. The maximum atomic E-state index is 13.2. The largest absolute Gasteiger partial charge is 0.354 e. The van der Waals surface area contributed by atoms with Gasteiger partial charge in [0.15, 0.2) is 5.82 Å². The number of nitrogens with one attached hydrogen (secondary N) is 1. The maximum absolute atomic E-state index is 13.2. The van der Waals surface area contributed by atoms with Crippen molar-refractivity contribution in [2.45, 2.75) is 26.3 Å². The lowest BCUT2D eigenvalue weighted by Gasteiger charge is -2.33. The van der Waals surface area contributed by atoms with E-state index in [1.54, 1.807) is 12.3 Å². The predicted octanol–water partition coefficient (Wildman–Crippen LogP) is 3.60. The molecule has 29 heavy (non-hydrogen) atoms. The maximum Gasteiger partial charge on any atom is 0.225 e. The van der Waals surface area contributed by atoms with Crippen LogP contribution in [0.3, 0.4) is 0 Å². The Morgan fingerprint density at radius 3 is 3.00 bits per heavy atom. The molecule has 1 unspecified atom stereocenters. The molecule has 0 bridgehead atoms. The number of rotatable bonds is 4. The van der Waals surface area contributed by atoms with Gasteiger partial charge in [0.25, 0.3) is 0 Å². The number of amides is 1. The Labute approximate surface area is 173 Å². The van der Waals surface area contributed by atoms with E-state index in [4.69, 9.17) is 11.6 Å². The van der Waals surface area contributed by atoms with E-state index in [-0.39, 0.29) is 24.2 Å². The van der Waals surface area contributed by atoms with Gasteiger partial charge in [-0.3, -0.25) is 9.48 Å². The molecule has 3 heterocycles. The second-order valence-corrected chi connectivity index (χ2v) is 7.89. The highest BCUT2D eigenvalue weighted by Gasteiger charge is 2.28. The fraction of sp³-hybridized carbons (Fsp3) is 0.381. The van der Waals surface area contributed by atoms with Crippen LogP contribution in [0.4, 0.5) is 10.2 Å². The van der Waals surface area contributed by atoms with Gasteiger partial charge in [0.05, 0.1) is 11.6 Å². The standard InChI is InChI=1S/C21H23ClFN5O/c1-13-17-7-8-24-20(19(17)27(2)26-13)28-9-3-4-15(12-28)21(29)25-11-14-5-6-16(23)10-18(14)22/h5-8,10,15H,3-4,9,11-12H2,1-2H3,(H,25,29). The van der Waals surface area contributed by atoms with Crippen molar-refractivity contribution >= 4 is 34.2 Å². The molecule has 3 aromatic rings. The molecule has 8 heteroatoms. The third kappa shape index (κ3) is 3.92. The van der Waals surface area contributed by atoms with Gasteiger partial charge in [-0.15, -0.1) is 0 Å². The van der Waals surface area contributed by atoms with Crippen molar-refractivity contribution in [2.75, 3.05) is 18.0 Å². The van der Waals surface area contributed by atoms with Crippen LogP contribution in [-0.4, -0.2) is 33.8 Å². The summed E-state index contributed by atoms with van der Waals surface area (Å²) >= 11 is 6.06. The topological polar surface area (TPSA) is 63.1 Å². The number of fused-ring (bicyclic) bond motifs is 1. The van der Waals surface area contributed by atoms with Gasteiger partial charge < -0.3 is 10.2 Å². The number of nitrogens with zero attached hydrogens (tertiary/aromatic N) is 4. The molecule has 0 spiro atoms. The van der Waals surface area contributed by atoms with Gasteiger partial charge in [-0.1, -0.05) is 17.7 Å². The zero-order valence-corrected chi connectivity index (χ0v) is 17.2. The summed E-state index contributed by atoms with van der Waals surface area (Å²) in [4.78, 5) is 19.5. The fourth-order valence-corrected chi connectivity index (χ4v) is 4.22. The molecule has 6 nitrogen and oxygen atoms in total. The van der Waals surface area contributed by atoms with E-state index < -0.39 is 0 Å². The summed E-state index contributed by atoms with van der Waals surface area (Å²) in [7, 11) is 1.92. The van der Waals surface area contributed by atoms with E-state index >= 15 is 0 Å². The molecule has 1 aromatic carbocycles. The number of pyridine rings is 1. The van der Waals surface area contributed by atoms with E-state index in [0.717, 1.165) is 41.8 Å². The van der Waals surface area contributed by atoms with Gasteiger partial charge in [-0.25, -0.2) is 9.37 Å². The Kier molecular flexibility index (Phi) is 5.41. The average Bonchev–Trinajstić information content (AvgIpc) is 3.01. The second-order valence-electron chi connectivity index (χ2n) is 7.48. The Hall–Kier alpha value is -2.67. The summed E-state index contributed by atoms with van der Waals surface area (Å²) in [5, 5.41) is 8.85. The lowest BCUT2D eigenvalue weighted by molar-refractivity contribution is -0.125. The number of hydrogen-bond donors (Lipinski definition) is 1. The summed E-state index contributed by atoms with van der Waals surface area (Å²) in [5.41, 5.74) is 2.66. The highest BCUT2D eigenvalue weighted by atomic mass is 35.5. The highest BCUT2D eigenvalue weighted by molar-refractivity contribution is 6.31. The molecule has 2 aromatic heterocycles. The van der Waals surface area contributed by atoms with Crippen LogP contribution in [0.1, 0.15) is 24.1 Å². The minimum absolute atomic E-state index is 0.0246. The van der Waals surface area contributed by atoms with Gasteiger partial charge in [0.1, 0.15) is 11.3 Å². The Bertz CT molecular complexity index is 1070. The minimum Gasteiger partial charge on any atom is -0.354 e. The van der Waals surface area contributed by atoms with Crippen molar-refractivity contribution in [1.82, 2.24) is 20.1 Å². The van der Waals surface area contributed by atoms with Crippen LogP contribution in [0.15, 0.2) is 30.5 Å². The van der Waals surface area contributed by atoms with Crippen molar-refractivity contribution in [3.05, 3.63) is 52.6 Å². The van der Waals surface area contributed by atoms with Crippen molar-refractivity contribution < 1.29 is 9.18 Å². The van der Waals surface area contributed by atoms with E-state index in [9.17, 15) is 9.18 Å². The first-order valence-electron chi connectivity index (χ1n) is 9.69. The third-order valence-electron chi connectivity index (χ3n) is 5.48. The molecule has 1 fully saturated rings. The van der Waals surface area contributed by atoms with Crippen LogP contribution in [-0.2, 0) is 18.4 Å². The zero-order chi connectivity index (χ0) is 20.5. The number of carbonyl (C=O) groups is 1.